The molecule has 17 heavy (non-hydrogen) atoms. The van der Waals surface area contributed by atoms with Crippen LogP contribution >= 0.6 is 15.9 Å². The lowest BCUT2D eigenvalue weighted by molar-refractivity contribution is 0.263. The van der Waals surface area contributed by atoms with E-state index in [0.29, 0.717) is 5.92 Å². The third-order valence-corrected chi connectivity index (χ3v) is 3.99. The predicted molar refractivity (Wildman–Crippen MR) is 72.1 cm³/mol. The smallest absolute Gasteiger partial charge is 0.0682 e. The molecule has 2 N–H and O–H groups in total. The van der Waals surface area contributed by atoms with E-state index in [1.54, 1.807) is 0 Å². The van der Waals surface area contributed by atoms with Crippen LogP contribution < -0.4 is 4.90 Å². The average Bonchev–Trinajstić information content (AvgIpc) is 2.78. The van der Waals surface area contributed by atoms with Gasteiger partial charge >= 0.3 is 0 Å². The molecule has 1 saturated heterocycles. The number of nitrogens with zero attached hydrogens (tertiary/aromatic N) is 1. The van der Waals surface area contributed by atoms with Gasteiger partial charge in [-0.15, -0.1) is 0 Å². The van der Waals surface area contributed by atoms with E-state index >= 15 is 0 Å². The van der Waals surface area contributed by atoms with E-state index in [-0.39, 0.29) is 13.2 Å². The zero-order valence-corrected chi connectivity index (χ0v) is 11.4. The molecule has 0 aromatic heterocycles. The van der Waals surface area contributed by atoms with Crippen molar-refractivity contribution in [2.45, 2.75) is 19.4 Å². The van der Waals surface area contributed by atoms with Crippen LogP contribution in [0.25, 0.3) is 0 Å². The van der Waals surface area contributed by atoms with Crippen molar-refractivity contribution in [3.63, 3.8) is 0 Å². The number of rotatable bonds is 4. The molecule has 0 aliphatic carbocycles. The van der Waals surface area contributed by atoms with Crippen molar-refractivity contribution >= 4 is 21.6 Å². The maximum atomic E-state index is 9.07. The molecule has 0 saturated carbocycles. The largest absolute Gasteiger partial charge is 0.396 e. The molecule has 1 heterocycles. The molecule has 0 amide bonds. The van der Waals surface area contributed by atoms with Crippen LogP contribution in [0.1, 0.15) is 18.4 Å². The lowest BCUT2D eigenvalue weighted by Crippen LogP contribution is -2.20. The Balaban J connectivity index is 2.08. The molecule has 1 aliphatic heterocycles. The molecule has 1 aromatic carbocycles. The van der Waals surface area contributed by atoms with Gasteiger partial charge in [0, 0.05) is 24.2 Å². The maximum absolute atomic E-state index is 9.07. The minimum Gasteiger partial charge on any atom is -0.396 e. The van der Waals surface area contributed by atoms with Gasteiger partial charge in [-0.05, 0) is 52.4 Å². The van der Waals surface area contributed by atoms with Crippen molar-refractivity contribution in [2.24, 2.45) is 5.92 Å². The fourth-order valence-electron chi connectivity index (χ4n) is 2.37. The summed E-state index contributed by atoms with van der Waals surface area (Å²) < 4.78 is 1.04. The van der Waals surface area contributed by atoms with Crippen molar-refractivity contribution in [1.29, 1.82) is 0 Å². The van der Waals surface area contributed by atoms with Gasteiger partial charge in [-0.25, -0.2) is 0 Å². The number of aliphatic hydroxyl groups excluding tert-OH is 2. The SMILES string of the molecule is OCCC1CCN(c2ccc(CO)cc2Br)C1. The van der Waals surface area contributed by atoms with Crippen LogP contribution in [0, 0.1) is 5.92 Å². The Hall–Kier alpha value is -0.580. The molecule has 94 valence electrons. The summed E-state index contributed by atoms with van der Waals surface area (Å²) in [5.41, 5.74) is 2.11. The van der Waals surface area contributed by atoms with E-state index in [4.69, 9.17) is 10.2 Å². The second kappa shape index (κ2) is 5.85. The highest BCUT2D eigenvalue weighted by molar-refractivity contribution is 9.10. The summed E-state index contributed by atoms with van der Waals surface area (Å²) in [6, 6.07) is 5.98. The normalized spacial score (nSPS) is 19.9. The zero-order chi connectivity index (χ0) is 12.3. The number of hydrogen-bond donors (Lipinski definition) is 2. The number of anilines is 1. The van der Waals surface area contributed by atoms with E-state index < -0.39 is 0 Å². The van der Waals surface area contributed by atoms with Gasteiger partial charge in [0.05, 0.1) is 12.3 Å². The van der Waals surface area contributed by atoms with Crippen molar-refractivity contribution in [3.8, 4) is 0 Å². The van der Waals surface area contributed by atoms with Crippen molar-refractivity contribution in [3.05, 3.63) is 28.2 Å². The van der Waals surface area contributed by atoms with Crippen molar-refractivity contribution < 1.29 is 10.2 Å². The van der Waals surface area contributed by atoms with Gasteiger partial charge in [-0.1, -0.05) is 6.07 Å². The molecular weight excluding hydrogens is 282 g/mol. The first-order chi connectivity index (χ1) is 8.24. The first kappa shape index (κ1) is 12.9. The van der Waals surface area contributed by atoms with Crippen LogP contribution in [0.5, 0.6) is 0 Å². The molecule has 0 bridgehead atoms. The Morgan fingerprint density at radius 2 is 2.18 bits per heavy atom. The number of aliphatic hydroxyl groups is 2. The Kier molecular flexibility index (Phi) is 4.42. The van der Waals surface area contributed by atoms with Crippen LogP contribution in [0.4, 0.5) is 5.69 Å². The van der Waals surface area contributed by atoms with Crippen molar-refractivity contribution in [1.82, 2.24) is 0 Å². The molecule has 1 aliphatic rings. The average molecular weight is 300 g/mol. The summed E-state index contributed by atoms with van der Waals surface area (Å²) in [4.78, 5) is 2.34. The van der Waals surface area contributed by atoms with Gasteiger partial charge in [0.1, 0.15) is 0 Å². The van der Waals surface area contributed by atoms with Crippen LogP contribution in [0.2, 0.25) is 0 Å². The van der Waals surface area contributed by atoms with Gasteiger partial charge in [0.25, 0.3) is 0 Å². The van der Waals surface area contributed by atoms with Gasteiger partial charge in [0.2, 0.25) is 0 Å². The second-order valence-electron chi connectivity index (χ2n) is 4.56. The number of benzene rings is 1. The van der Waals surface area contributed by atoms with E-state index in [0.717, 1.165) is 36.0 Å². The maximum Gasteiger partial charge on any atom is 0.0682 e. The molecule has 3 nitrogen and oxygen atoms in total. The van der Waals surface area contributed by atoms with E-state index in [9.17, 15) is 0 Å². The van der Waals surface area contributed by atoms with Gasteiger partial charge in [-0.3, -0.25) is 0 Å². The Labute approximate surface area is 110 Å². The van der Waals surface area contributed by atoms with Gasteiger partial charge < -0.3 is 15.1 Å². The first-order valence-corrected chi connectivity index (χ1v) is 6.79. The third kappa shape index (κ3) is 3.00. The van der Waals surface area contributed by atoms with E-state index in [1.807, 2.05) is 12.1 Å². The zero-order valence-electron chi connectivity index (χ0n) is 9.77. The molecule has 1 fully saturated rings. The van der Waals surface area contributed by atoms with Crippen molar-refractivity contribution in [2.75, 3.05) is 24.6 Å². The molecule has 2 rings (SSSR count). The molecular formula is C13H18BrNO2. The van der Waals surface area contributed by atoms with E-state index in [1.165, 1.54) is 5.69 Å². The first-order valence-electron chi connectivity index (χ1n) is 5.99. The van der Waals surface area contributed by atoms with Crippen LogP contribution in [0.15, 0.2) is 22.7 Å². The predicted octanol–water partition coefficient (Wildman–Crippen LogP) is 2.15. The lowest BCUT2D eigenvalue weighted by atomic mass is 10.1. The van der Waals surface area contributed by atoms with Gasteiger partial charge in [0.15, 0.2) is 0 Å². The molecule has 0 radical (unpaired) electrons. The molecule has 0 spiro atoms. The monoisotopic (exact) mass is 299 g/mol. The minimum atomic E-state index is 0.0754. The Bertz CT molecular complexity index is 384. The third-order valence-electron chi connectivity index (χ3n) is 3.36. The van der Waals surface area contributed by atoms with Crippen LogP contribution in [-0.2, 0) is 6.61 Å². The van der Waals surface area contributed by atoms with Crippen LogP contribution in [-0.4, -0.2) is 29.9 Å². The summed E-state index contributed by atoms with van der Waals surface area (Å²) in [6.07, 6.45) is 2.04. The summed E-state index contributed by atoms with van der Waals surface area (Å²) in [5, 5.41) is 18.0. The second-order valence-corrected chi connectivity index (χ2v) is 5.41. The number of halogens is 1. The fourth-order valence-corrected chi connectivity index (χ4v) is 3.05. The highest BCUT2D eigenvalue weighted by Gasteiger charge is 2.23. The summed E-state index contributed by atoms with van der Waals surface area (Å²) in [6.45, 7) is 2.41. The lowest BCUT2D eigenvalue weighted by Gasteiger charge is -2.20. The summed E-state index contributed by atoms with van der Waals surface area (Å²) >= 11 is 3.55. The van der Waals surface area contributed by atoms with E-state index in [2.05, 4.69) is 26.9 Å². The highest BCUT2D eigenvalue weighted by Crippen LogP contribution is 2.32. The molecule has 1 aromatic rings. The van der Waals surface area contributed by atoms with Gasteiger partial charge in [-0.2, -0.15) is 0 Å². The Morgan fingerprint density at radius 1 is 1.35 bits per heavy atom. The van der Waals surface area contributed by atoms with Crippen LogP contribution in [0.3, 0.4) is 0 Å². The molecule has 1 atom stereocenters. The number of hydrogen-bond acceptors (Lipinski definition) is 3. The summed E-state index contributed by atoms with van der Waals surface area (Å²) in [7, 11) is 0. The molecule has 4 heteroatoms. The quantitative estimate of drug-likeness (QED) is 0.895. The highest BCUT2D eigenvalue weighted by atomic mass is 79.9. The Morgan fingerprint density at radius 3 is 2.82 bits per heavy atom. The minimum absolute atomic E-state index is 0.0754. The molecule has 1 unspecified atom stereocenters. The summed E-state index contributed by atoms with van der Waals surface area (Å²) in [5.74, 6) is 0.601. The topological polar surface area (TPSA) is 43.7 Å². The standard InChI is InChI=1S/C13H18BrNO2/c14-12-7-11(9-17)1-2-13(12)15-5-3-10(8-15)4-6-16/h1-2,7,10,16-17H,3-6,8-9H2. The fraction of sp³-hybridized carbons (Fsp3) is 0.538.